The second kappa shape index (κ2) is 2.76. The van der Waals surface area contributed by atoms with Crippen molar-refractivity contribution in [1.29, 1.82) is 0 Å². The maximum absolute atomic E-state index is 13.1. The lowest BCUT2D eigenvalue weighted by Gasteiger charge is -1.93. The molecule has 5 nitrogen and oxygen atoms in total. The molecule has 0 saturated carbocycles. The van der Waals surface area contributed by atoms with Gasteiger partial charge in [0.1, 0.15) is 5.82 Å². The molecule has 1 N–H and O–H groups in total. The summed E-state index contributed by atoms with van der Waals surface area (Å²) < 4.78 is 13.1. The van der Waals surface area contributed by atoms with Crippen LogP contribution in [0.25, 0.3) is 11.0 Å². The third-order valence-corrected chi connectivity index (χ3v) is 1.88. The van der Waals surface area contributed by atoms with Crippen molar-refractivity contribution in [2.24, 2.45) is 0 Å². The fraction of sp³-hybridized carbons (Fsp3) is 0.125. The predicted molar refractivity (Wildman–Crippen MR) is 47.4 cm³/mol. The molecule has 1 aromatic carbocycles. The zero-order valence-electron chi connectivity index (χ0n) is 7.24. The summed E-state index contributed by atoms with van der Waals surface area (Å²) in [5, 5.41) is 10.6. The largest absolute Gasteiger partial charge is 0.342 e. The number of H-pyrrole nitrogens is 1. The van der Waals surface area contributed by atoms with Crippen molar-refractivity contribution in [1.82, 2.24) is 9.97 Å². The molecule has 0 aliphatic rings. The lowest BCUT2D eigenvalue weighted by molar-refractivity contribution is -0.385. The number of hydrogen-bond acceptors (Lipinski definition) is 3. The van der Waals surface area contributed by atoms with Gasteiger partial charge in [-0.25, -0.2) is 4.98 Å². The van der Waals surface area contributed by atoms with Crippen molar-refractivity contribution in [2.45, 2.75) is 6.92 Å². The van der Waals surface area contributed by atoms with Gasteiger partial charge in [0, 0.05) is 0 Å². The van der Waals surface area contributed by atoms with E-state index in [9.17, 15) is 14.5 Å². The number of nitrogens with zero attached hydrogens (tertiary/aromatic N) is 2. The number of fused-ring (bicyclic) bond motifs is 1. The van der Waals surface area contributed by atoms with Crippen LogP contribution in [0.2, 0.25) is 0 Å². The van der Waals surface area contributed by atoms with Crippen molar-refractivity contribution < 1.29 is 9.31 Å². The fourth-order valence-electron chi connectivity index (χ4n) is 1.33. The molecule has 0 aliphatic heterocycles. The third-order valence-electron chi connectivity index (χ3n) is 1.88. The van der Waals surface area contributed by atoms with E-state index in [1.165, 1.54) is 6.07 Å². The molecule has 72 valence electrons. The van der Waals surface area contributed by atoms with Crippen molar-refractivity contribution in [3.8, 4) is 0 Å². The number of aromatic amines is 1. The van der Waals surface area contributed by atoms with E-state index < -0.39 is 16.4 Å². The zero-order valence-corrected chi connectivity index (χ0v) is 7.24. The van der Waals surface area contributed by atoms with Crippen LogP contribution in [0.5, 0.6) is 0 Å². The van der Waals surface area contributed by atoms with Crippen LogP contribution >= 0.6 is 0 Å². The van der Waals surface area contributed by atoms with Gasteiger partial charge in [-0.1, -0.05) is 0 Å². The lowest BCUT2D eigenvalue weighted by Crippen LogP contribution is -1.93. The lowest BCUT2D eigenvalue weighted by atomic mass is 10.2. The van der Waals surface area contributed by atoms with Gasteiger partial charge < -0.3 is 4.98 Å². The van der Waals surface area contributed by atoms with Gasteiger partial charge in [-0.15, -0.1) is 0 Å². The first-order chi connectivity index (χ1) is 6.59. The maximum Gasteiger partial charge on any atom is 0.332 e. The second-order valence-corrected chi connectivity index (χ2v) is 2.87. The minimum Gasteiger partial charge on any atom is -0.342 e. The van der Waals surface area contributed by atoms with Gasteiger partial charge in [-0.2, -0.15) is 4.39 Å². The zero-order chi connectivity index (χ0) is 10.3. The summed E-state index contributed by atoms with van der Waals surface area (Å²) in [6.45, 7) is 1.65. The highest BCUT2D eigenvalue weighted by atomic mass is 19.1. The third kappa shape index (κ3) is 1.12. The summed E-state index contributed by atoms with van der Waals surface area (Å²) in [5.74, 6) is -0.345. The van der Waals surface area contributed by atoms with Gasteiger partial charge in [-0.3, -0.25) is 10.1 Å². The minimum atomic E-state index is -0.867. The minimum absolute atomic E-state index is 0.0625. The summed E-state index contributed by atoms with van der Waals surface area (Å²) in [6.07, 6.45) is 0. The molecule has 0 radical (unpaired) electrons. The van der Waals surface area contributed by atoms with E-state index in [1.807, 2.05) is 0 Å². The molecule has 6 heteroatoms. The molecule has 1 heterocycles. The molecule has 1 aromatic heterocycles. The Morgan fingerprint density at radius 1 is 1.57 bits per heavy atom. The van der Waals surface area contributed by atoms with Gasteiger partial charge in [0.2, 0.25) is 5.82 Å². The Morgan fingerprint density at radius 2 is 2.29 bits per heavy atom. The number of rotatable bonds is 1. The van der Waals surface area contributed by atoms with Crippen LogP contribution < -0.4 is 0 Å². The number of hydrogen-bond donors (Lipinski definition) is 1. The fourth-order valence-corrected chi connectivity index (χ4v) is 1.33. The van der Waals surface area contributed by atoms with E-state index in [2.05, 4.69) is 9.97 Å². The van der Waals surface area contributed by atoms with Crippen LogP contribution in [-0.4, -0.2) is 14.9 Å². The number of benzene rings is 1. The second-order valence-electron chi connectivity index (χ2n) is 2.87. The number of nitro groups is 1. The van der Waals surface area contributed by atoms with Gasteiger partial charge in [0.05, 0.1) is 10.4 Å². The van der Waals surface area contributed by atoms with Crippen molar-refractivity contribution in [3.05, 3.63) is 33.9 Å². The monoisotopic (exact) mass is 195 g/mol. The molecule has 0 unspecified atom stereocenters. The summed E-state index contributed by atoms with van der Waals surface area (Å²) in [6, 6.07) is 2.48. The smallest absolute Gasteiger partial charge is 0.332 e. The highest BCUT2D eigenvalue weighted by Gasteiger charge is 2.20. The van der Waals surface area contributed by atoms with Crippen LogP contribution in [0.3, 0.4) is 0 Å². The van der Waals surface area contributed by atoms with Gasteiger partial charge >= 0.3 is 5.69 Å². The van der Waals surface area contributed by atoms with E-state index in [0.29, 0.717) is 11.3 Å². The van der Waals surface area contributed by atoms with Gasteiger partial charge in [-0.05, 0) is 19.1 Å². The Balaban J connectivity index is 2.88. The Bertz CT molecular complexity index is 521. The van der Waals surface area contributed by atoms with Crippen molar-refractivity contribution in [3.63, 3.8) is 0 Å². The summed E-state index contributed by atoms with van der Waals surface area (Å²) >= 11 is 0. The molecule has 2 aromatic rings. The van der Waals surface area contributed by atoms with Crippen LogP contribution in [-0.2, 0) is 0 Å². The molecular weight excluding hydrogens is 189 g/mol. The molecule has 0 saturated heterocycles. The molecule has 0 spiro atoms. The molecular formula is C8H6FN3O2. The van der Waals surface area contributed by atoms with E-state index in [1.54, 1.807) is 6.92 Å². The first-order valence-corrected chi connectivity index (χ1v) is 3.89. The van der Waals surface area contributed by atoms with E-state index in [0.717, 1.165) is 6.07 Å². The maximum atomic E-state index is 13.1. The summed E-state index contributed by atoms with van der Waals surface area (Å²) in [4.78, 5) is 16.4. The number of aromatic nitrogens is 2. The molecule has 14 heavy (non-hydrogen) atoms. The Hall–Kier alpha value is -1.98. The highest BCUT2D eigenvalue weighted by Crippen LogP contribution is 2.26. The molecule has 2 rings (SSSR count). The number of halogens is 1. The van der Waals surface area contributed by atoms with Gasteiger partial charge in [0.15, 0.2) is 5.52 Å². The number of nitrogens with one attached hydrogen (secondary N) is 1. The van der Waals surface area contributed by atoms with Crippen molar-refractivity contribution in [2.75, 3.05) is 0 Å². The number of imidazole rings is 1. The number of aryl methyl sites for hydroxylation is 1. The average molecular weight is 195 g/mol. The first-order valence-electron chi connectivity index (χ1n) is 3.89. The molecule has 0 bridgehead atoms. The van der Waals surface area contributed by atoms with Crippen molar-refractivity contribution >= 4 is 16.7 Å². The average Bonchev–Trinajstić information content (AvgIpc) is 2.43. The van der Waals surface area contributed by atoms with E-state index in [4.69, 9.17) is 0 Å². The molecule has 0 amide bonds. The van der Waals surface area contributed by atoms with E-state index >= 15 is 0 Å². The molecule has 0 aliphatic carbocycles. The molecule has 0 atom stereocenters. The van der Waals surface area contributed by atoms with Crippen LogP contribution in [0.4, 0.5) is 10.1 Å². The normalized spacial score (nSPS) is 10.7. The first kappa shape index (κ1) is 8.61. The predicted octanol–water partition coefficient (Wildman–Crippen LogP) is 1.92. The standard InChI is InChI=1S/C8H6FN3O2/c1-4-10-6-3-2-5(9)8(12(13)14)7(6)11-4/h2-3H,1H3,(H,10,11). The topological polar surface area (TPSA) is 71.8 Å². The van der Waals surface area contributed by atoms with Crippen LogP contribution in [0, 0.1) is 22.9 Å². The quantitative estimate of drug-likeness (QED) is 0.558. The Labute approximate surface area is 77.7 Å². The SMILES string of the molecule is Cc1nc2c([N+](=O)[O-])c(F)ccc2[nH]1. The summed E-state index contributed by atoms with van der Waals surface area (Å²) in [5.41, 5.74) is -0.0463. The van der Waals surface area contributed by atoms with Crippen LogP contribution in [0.1, 0.15) is 5.82 Å². The van der Waals surface area contributed by atoms with E-state index in [-0.39, 0.29) is 5.52 Å². The Morgan fingerprint density at radius 3 is 2.93 bits per heavy atom. The van der Waals surface area contributed by atoms with Gasteiger partial charge in [0.25, 0.3) is 0 Å². The molecule has 0 fully saturated rings. The Kier molecular flexibility index (Phi) is 1.70. The highest BCUT2D eigenvalue weighted by molar-refractivity contribution is 5.84. The number of nitro benzene ring substituents is 1. The summed E-state index contributed by atoms with van der Waals surface area (Å²) in [7, 11) is 0. The van der Waals surface area contributed by atoms with Crippen LogP contribution in [0.15, 0.2) is 12.1 Å².